The Labute approximate surface area is 97.1 Å². The molecule has 1 aliphatic carbocycles. The number of Topliss-reactive ketones (excluding diaryl/α,β-unsaturated/α-hetero) is 1. The number of carbonyl (C=O) groups excluding carboxylic acids is 1. The lowest BCUT2D eigenvalue weighted by atomic mass is 9.98. The lowest BCUT2D eigenvalue weighted by Gasteiger charge is -2.07. The van der Waals surface area contributed by atoms with Crippen LogP contribution in [0.25, 0.3) is 0 Å². The van der Waals surface area contributed by atoms with Gasteiger partial charge in [0, 0.05) is 24.4 Å². The normalized spacial score (nSPS) is 16.6. The highest BCUT2D eigenvalue weighted by atomic mass is 16.1. The van der Waals surface area contributed by atoms with E-state index in [1.807, 2.05) is 13.0 Å². The maximum absolute atomic E-state index is 11.9. The van der Waals surface area contributed by atoms with Crippen LogP contribution in [0.3, 0.4) is 0 Å². The van der Waals surface area contributed by atoms with Gasteiger partial charge in [-0.15, -0.1) is 0 Å². The minimum Gasteiger partial charge on any atom is -0.294 e. The molecule has 0 amide bonds. The van der Waals surface area contributed by atoms with Gasteiger partial charge in [0.25, 0.3) is 0 Å². The minimum atomic E-state index is 0.253. The molecule has 0 aliphatic heterocycles. The van der Waals surface area contributed by atoms with Crippen molar-refractivity contribution in [3.63, 3.8) is 0 Å². The topological polar surface area (TPSA) is 30.0 Å². The van der Waals surface area contributed by atoms with E-state index in [1.54, 1.807) is 12.4 Å². The lowest BCUT2D eigenvalue weighted by Crippen LogP contribution is -2.03. The summed E-state index contributed by atoms with van der Waals surface area (Å²) in [6.45, 7) is 1.97. The summed E-state index contributed by atoms with van der Waals surface area (Å²) in [5.41, 5.74) is 1.84. The molecule has 0 N–H and O–H groups in total. The smallest absolute Gasteiger partial charge is 0.164 e. The molecule has 0 spiro atoms. The Morgan fingerprint density at radius 2 is 2.12 bits per heavy atom. The highest BCUT2D eigenvalue weighted by molar-refractivity contribution is 5.95. The lowest BCUT2D eigenvalue weighted by molar-refractivity contribution is 0.0973. The quantitative estimate of drug-likeness (QED) is 0.722. The minimum absolute atomic E-state index is 0.253. The second kappa shape index (κ2) is 5.24. The van der Waals surface area contributed by atoms with Crippen molar-refractivity contribution in [3.05, 3.63) is 29.6 Å². The highest BCUT2D eigenvalue weighted by Crippen LogP contribution is 2.28. The van der Waals surface area contributed by atoms with E-state index in [2.05, 4.69) is 4.98 Å². The summed E-state index contributed by atoms with van der Waals surface area (Å²) in [6.07, 6.45) is 10.6. The van der Waals surface area contributed by atoms with E-state index in [0.717, 1.165) is 23.5 Å². The molecule has 0 unspecified atom stereocenters. The number of aryl methyl sites for hydroxylation is 1. The molecule has 1 aliphatic rings. The zero-order chi connectivity index (χ0) is 11.4. The summed E-state index contributed by atoms with van der Waals surface area (Å²) in [5.74, 6) is 1.05. The number of hydrogen-bond acceptors (Lipinski definition) is 2. The molecule has 1 fully saturated rings. The molecular weight excluding hydrogens is 198 g/mol. The molecule has 16 heavy (non-hydrogen) atoms. The third-order valence-electron chi connectivity index (χ3n) is 3.45. The summed E-state index contributed by atoms with van der Waals surface area (Å²) in [5, 5.41) is 0. The zero-order valence-electron chi connectivity index (χ0n) is 9.91. The Balaban J connectivity index is 1.87. The van der Waals surface area contributed by atoms with E-state index in [1.165, 1.54) is 25.7 Å². The summed E-state index contributed by atoms with van der Waals surface area (Å²) >= 11 is 0. The summed E-state index contributed by atoms with van der Waals surface area (Å²) < 4.78 is 0. The van der Waals surface area contributed by atoms with Crippen LogP contribution < -0.4 is 0 Å². The molecule has 1 saturated carbocycles. The zero-order valence-corrected chi connectivity index (χ0v) is 9.91. The number of ketones is 1. The van der Waals surface area contributed by atoms with Gasteiger partial charge in [0.1, 0.15) is 0 Å². The molecule has 0 atom stereocenters. The van der Waals surface area contributed by atoms with Crippen molar-refractivity contribution in [2.45, 2.75) is 45.4 Å². The first-order valence-electron chi connectivity index (χ1n) is 6.20. The fourth-order valence-corrected chi connectivity index (χ4v) is 2.49. The van der Waals surface area contributed by atoms with Gasteiger partial charge in [-0.3, -0.25) is 9.78 Å². The van der Waals surface area contributed by atoms with Gasteiger partial charge < -0.3 is 0 Å². The van der Waals surface area contributed by atoms with Crippen molar-refractivity contribution in [3.8, 4) is 0 Å². The molecule has 0 saturated heterocycles. The number of rotatable bonds is 4. The Bertz CT molecular complexity index is 367. The van der Waals surface area contributed by atoms with E-state index < -0.39 is 0 Å². The van der Waals surface area contributed by atoms with E-state index in [4.69, 9.17) is 0 Å². The second-order valence-corrected chi connectivity index (χ2v) is 4.86. The van der Waals surface area contributed by atoms with E-state index >= 15 is 0 Å². The van der Waals surface area contributed by atoms with Gasteiger partial charge in [-0.05, 0) is 30.9 Å². The second-order valence-electron chi connectivity index (χ2n) is 4.86. The van der Waals surface area contributed by atoms with E-state index in [-0.39, 0.29) is 5.78 Å². The maximum Gasteiger partial charge on any atom is 0.164 e. The van der Waals surface area contributed by atoms with Crippen LogP contribution in [-0.2, 0) is 0 Å². The number of nitrogens with zero attached hydrogens (tertiary/aromatic N) is 1. The molecule has 0 bridgehead atoms. The van der Waals surface area contributed by atoms with Crippen LogP contribution in [0.1, 0.15) is 54.4 Å². The number of hydrogen-bond donors (Lipinski definition) is 0. The van der Waals surface area contributed by atoms with Crippen LogP contribution in [0.15, 0.2) is 18.5 Å². The number of pyridine rings is 1. The largest absolute Gasteiger partial charge is 0.294 e. The first-order chi connectivity index (χ1) is 7.75. The summed E-state index contributed by atoms with van der Waals surface area (Å²) in [6, 6.07) is 1.93. The van der Waals surface area contributed by atoms with Gasteiger partial charge in [0.05, 0.1) is 0 Å². The highest BCUT2D eigenvalue weighted by Gasteiger charge is 2.16. The third-order valence-corrected chi connectivity index (χ3v) is 3.45. The molecule has 86 valence electrons. The molecule has 1 heterocycles. The van der Waals surface area contributed by atoms with Gasteiger partial charge >= 0.3 is 0 Å². The van der Waals surface area contributed by atoms with Crippen molar-refractivity contribution < 1.29 is 4.79 Å². The van der Waals surface area contributed by atoms with Crippen LogP contribution in [0.2, 0.25) is 0 Å². The molecule has 2 heteroatoms. The predicted octanol–water partition coefficient (Wildman–Crippen LogP) is 3.54. The number of carbonyl (C=O) groups is 1. The van der Waals surface area contributed by atoms with Gasteiger partial charge in [-0.1, -0.05) is 25.7 Å². The van der Waals surface area contributed by atoms with Crippen molar-refractivity contribution in [1.82, 2.24) is 4.98 Å². The maximum atomic E-state index is 11.9. The van der Waals surface area contributed by atoms with Crippen LogP contribution in [0.5, 0.6) is 0 Å². The SMILES string of the molecule is Cc1cncc(C(=O)CCC2CCCC2)c1. The molecule has 2 rings (SSSR count). The Hall–Kier alpha value is -1.18. The van der Waals surface area contributed by atoms with Gasteiger partial charge in [-0.25, -0.2) is 0 Å². The summed E-state index contributed by atoms with van der Waals surface area (Å²) in [7, 11) is 0. The van der Waals surface area contributed by atoms with Gasteiger partial charge in [0.15, 0.2) is 5.78 Å². The Morgan fingerprint density at radius 3 is 2.81 bits per heavy atom. The van der Waals surface area contributed by atoms with Crippen molar-refractivity contribution >= 4 is 5.78 Å². The van der Waals surface area contributed by atoms with Crippen molar-refractivity contribution in [2.24, 2.45) is 5.92 Å². The number of aromatic nitrogens is 1. The monoisotopic (exact) mass is 217 g/mol. The van der Waals surface area contributed by atoms with Crippen molar-refractivity contribution in [2.75, 3.05) is 0 Å². The average Bonchev–Trinajstić information content (AvgIpc) is 2.78. The molecule has 0 aromatic carbocycles. The third kappa shape index (κ3) is 2.91. The standard InChI is InChI=1S/C14H19NO/c1-11-8-13(10-15-9-11)14(16)7-6-12-4-2-3-5-12/h8-10,12H,2-7H2,1H3. The Kier molecular flexibility index (Phi) is 3.70. The van der Waals surface area contributed by atoms with E-state index in [9.17, 15) is 4.79 Å². The van der Waals surface area contributed by atoms with Gasteiger partial charge in [0.2, 0.25) is 0 Å². The Morgan fingerprint density at radius 1 is 1.38 bits per heavy atom. The van der Waals surface area contributed by atoms with Gasteiger partial charge in [-0.2, -0.15) is 0 Å². The molecule has 2 nitrogen and oxygen atoms in total. The van der Waals surface area contributed by atoms with Crippen LogP contribution in [0.4, 0.5) is 0 Å². The fraction of sp³-hybridized carbons (Fsp3) is 0.571. The first kappa shape index (κ1) is 11.3. The van der Waals surface area contributed by atoms with Crippen LogP contribution in [0, 0.1) is 12.8 Å². The van der Waals surface area contributed by atoms with Crippen molar-refractivity contribution in [1.29, 1.82) is 0 Å². The van der Waals surface area contributed by atoms with Crippen LogP contribution >= 0.6 is 0 Å². The van der Waals surface area contributed by atoms with Crippen LogP contribution in [-0.4, -0.2) is 10.8 Å². The fourth-order valence-electron chi connectivity index (χ4n) is 2.49. The molecule has 1 aromatic rings. The predicted molar refractivity (Wildman–Crippen MR) is 64.5 cm³/mol. The molecule has 0 radical (unpaired) electrons. The summed E-state index contributed by atoms with van der Waals surface area (Å²) in [4.78, 5) is 16.0. The molecular formula is C14H19NO. The van der Waals surface area contributed by atoms with E-state index in [0.29, 0.717) is 6.42 Å². The average molecular weight is 217 g/mol. The molecule has 1 aromatic heterocycles. The first-order valence-corrected chi connectivity index (χ1v) is 6.20.